The third-order valence-corrected chi connectivity index (χ3v) is 6.16. The number of benzene rings is 2. The predicted octanol–water partition coefficient (Wildman–Crippen LogP) is 3.87. The van der Waals surface area contributed by atoms with E-state index < -0.39 is 16.0 Å². The Bertz CT molecular complexity index is 1000. The molecule has 0 saturated heterocycles. The maximum atomic E-state index is 12.7. The summed E-state index contributed by atoms with van der Waals surface area (Å²) in [6.07, 6.45) is 5.59. The van der Waals surface area contributed by atoms with Crippen molar-refractivity contribution in [1.29, 1.82) is 0 Å². The highest BCUT2D eigenvalue weighted by Crippen LogP contribution is 2.15. The van der Waals surface area contributed by atoms with E-state index in [1.165, 1.54) is 12.1 Å². The van der Waals surface area contributed by atoms with Crippen molar-refractivity contribution in [3.8, 4) is 0 Å². The number of carboxylic acid groups (broad SMARTS) is 1. The number of rotatable bonds is 11. The van der Waals surface area contributed by atoms with Crippen molar-refractivity contribution in [2.75, 3.05) is 0 Å². The van der Waals surface area contributed by atoms with Gasteiger partial charge in [0.2, 0.25) is 0 Å². The minimum Gasteiger partial charge on any atom is -0.481 e. The van der Waals surface area contributed by atoms with Gasteiger partial charge in [-0.3, -0.25) is 9.52 Å². The Kier molecular flexibility index (Phi) is 9.01. The number of unbranched alkanes of at least 4 members (excludes halogenated alkanes) is 3. The molecule has 160 valence electrons. The van der Waals surface area contributed by atoms with Crippen LogP contribution in [-0.4, -0.2) is 24.5 Å². The van der Waals surface area contributed by atoms with Gasteiger partial charge < -0.3 is 10.8 Å². The highest BCUT2D eigenvalue weighted by molar-refractivity contribution is 7.92. The molecule has 0 spiro atoms. The van der Waals surface area contributed by atoms with E-state index >= 15 is 0 Å². The second-order valence-corrected chi connectivity index (χ2v) is 9.01. The molecule has 0 radical (unpaired) electrons. The van der Waals surface area contributed by atoms with Crippen LogP contribution in [0.25, 0.3) is 5.70 Å². The molecule has 8 heteroatoms. The van der Waals surface area contributed by atoms with Crippen LogP contribution >= 0.6 is 12.2 Å². The summed E-state index contributed by atoms with van der Waals surface area (Å²) in [6.45, 7) is 0. The van der Waals surface area contributed by atoms with Crippen LogP contribution in [0.1, 0.15) is 43.2 Å². The number of thiocarbonyl (C=S) groups is 1. The fourth-order valence-electron chi connectivity index (χ4n) is 2.90. The van der Waals surface area contributed by atoms with Gasteiger partial charge >= 0.3 is 5.97 Å². The Morgan fingerprint density at radius 3 is 2.43 bits per heavy atom. The number of nitrogens with one attached hydrogen (secondary N) is 1. The zero-order chi connectivity index (χ0) is 22.0. The number of carbonyl (C=O) groups is 1. The topological polar surface area (TPSA) is 109 Å². The molecule has 0 unspecified atom stereocenters. The largest absolute Gasteiger partial charge is 0.481 e. The molecule has 0 aliphatic carbocycles. The second kappa shape index (κ2) is 11.5. The molecular formula is C22H26N2O4S2. The van der Waals surface area contributed by atoms with Gasteiger partial charge in [0.1, 0.15) is 4.99 Å². The first kappa shape index (κ1) is 23.6. The molecule has 0 heterocycles. The number of carboxylic acids is 1. The smallest absolute Gasteiger partial charge is 0.303 e. The van der Waals surface area contributed by atoms with E-state index in [1.807, 2.05) is 36.4 Å². The summed E-state index contributed by atoms with van der Waals surface area (Å²) in [4.78, 5) is 10.7. The molecule has 2 aromatic rings. The lowest BCUT2D eigenvalue weighted by atomic mass is 10.1. The zero-order valence-corrected chi connectivity index (χ0v) is 18.2. The third-order valence-electron chi connectivity index (χ3n) is 4.44. The Hall–Kier alpha value is -2.71. The highest BCUT2D eigenvalue weighted by Gasteiger charge is 2.15. The summed E-state index contributed by atoms with van der Waals surface area (Å²) in [6, 6.07) is 15.9. The van der Waals surface area contributed by atoms with Gasteiger partial charge in [-0.15, -0.1) is 0 Å². The van der Waals surface area contributed by atoms with Crippen LogP contribution in [0.3, 0.4) is 0 Å². The molecule has 30 heavy (non-hydrogen) atoms. The Labute approximate surface area is 182 Å². The average molecular weight is 447 g/mol. The monoisotopic (exact) mass is 446 g/mol. The summed E-state index contributed by atoms with van der Waals surface area (Å²) >= 11 is 5.15. The van der Waals surface area contributed by atoms with E-state index in [4.69, 9.17) is 23.1 Å². The molecule has 0 saturated carbocycles. The molecule has 0 aliphatic heterocycles. The lowest BCUT2D eigenvalue weighted by molar-refractivity contribution is -0.137. The lowest BCUT2D eigenvalue weighted by Crippen LogP contribution is -2.28. The molecule has 0 fully saturated rings. The number of sulfonamides is 1. The van der Waals surface area contributed by atoms with Gasteiger partial charge in [0.15, 0.2) is 0 Å². The normalized spacial score (nSPS) is 11.8. The second-order valence-electron chi connectivity index (χ2n) is 6.89. The van der Waals surface area contributed by atoms with E-state index in [0.717, 1.165) is 36.8 Å². The Balaban J connectivity index is 1.95. The minimum atomic E-state index is -3.82. The molecule has 0 bridgehead atoms. The number of nitrogens with two attached hydrogens (primary N) is 1. The van der Waals surface area contributed by atoms with Crippen molar-refractivity contribution in [1.82, 2.24) is 4.72 Å². The van der Waals surface area contributed by atoms with Crippen molar-refractivity contribution in [3.05, 3.63) is 71.8 Å². The van der Waals surface area contributed by atoms with Gasteiger partial charge in [0, 0.05) is 12.1 Å². The SMILES string of the molecule is NC(=CC(=S)NS(=O)(=O)c1cccc(CCCCCCC(=O)O)c1)c1ccccc1. The van der Waals surface area contributed by atoms with E-state index in [1.54, 1.807) is 12.1 Å². The summed E-state index contributed by atoms with van der Waals surface area (Å²) in [7, 11) is -3.82. The summed E-state index contributed by atoms with van der Waals surface area (Å²) < 4.78 is 27.7. The zero-order valence-electron chi connectivity index (χ0n) is 16.6. The standard InChI is InChI=1S/C22H26N2O4S2/c23-20(18-11-5-3-6-12-18)16-21(29)24-30(27,28)19-13-8-10-17(15-19)9-4-1-2-7-14-22(25)26/h3,5-6,8,10-13,15-16H,1-2,4,7,9,14,23H2,(H,24,29)(H,25,26). The molecule has 0 aromatic heterocycles. The van der Waals surface area contributed by atoms with Crippen LogP contribution in [0.4, 0.5) is 0 Å². The summed E-state index contributed by atoms with van der Waals surface area (Å²) in [5.74, 6) is -0.779. The van der Waals surface area contributed by atoms with Crippen molar-refractivity contribution >= 4 is 38.9 Å². The predicted molar refractivity (Wildman–Crippen MR) is 122 cm³/mol. The third kappa shape index (κ3) is 7.96. The van der Waals surface area contributed by atoms with Gasteiger partial charge in [-0.1, -0.05) is 67.5 Å². The van der Waals surface area contributed by atoms with Crippen molar-refractivity contribution in [3.63, 3.8) is 0 Å². The van der Waals surface area contributed by atoms with E-state index in [9.17, 15) is 13.2 Å². The molecule has 0 aliphatic rings. The number of hydrogen-bond acceptors (Lipinski definition) is 5. The van der Waals surface area contributed by atoms with Crippen LogP contribution in [0.2, 0.25) is 0 Å². The highest BCUT2D eigenvalue weighted by atomic mass is 32.2. The quantitative estimate of drug-likeness (QED) is 0.275. The first-order valence-electron chi connectivity index (χ1n) is 9.68. The minimum absolute atomic E-state index is 0.0141. The number of hydrogen-bond donors (Lipinski definition) is 3. The Morgan fingerprint density at radius 2 is 1.73 bits per heavy atom. The first-order chi connectivity index (χ1) is 14.3. The van der Waals surface area contributed by atoms with Gasteiger partial charge in [0.25, 0.3) is 10.0 Å². The summed E-state index contributed by atoms with van der Waals surface area (Å²) in [5.41, 5.74) is 8.02. The van der Waals surface area contributed by atoms with Gasteiger partial charge in [-0.05, 0) is 48.6 Å². The van der Waals surface area contributed by atoms with E-state index in [2.05, 4.69) is 4.72 Å². The van der Waals surface area contributed by atoms with Crippen molar-refractivity contribution < 1.29 is 18.3 Å². The van der Waals surface area contributed by atoms with Gasteiger partial charge in [-0.2, -0.15) is 0 Å². The molecule has 0 amide bonds. The van der Waals surface area contributed by atoms with E-state index in [0.29, 0.717) is 12.1 Å². The lowest BCUT2D eigenvalue weighted by Gasteiger charge is -2.09. The van der Waals surface area contributed by atoms with Crippen LogP contribution in [0.15, 0.2) is 65.6 Å². The van der Waals surface area contributed by atoms with Gasteiger partial charge in [0.05, 0.1) is 4.90 Å². The molecule has 2 rings (SSSR count). The average Bonchev–Trinajstić information content (AvgIpc) is 2.70. The molecule has 2 aromatic carbocycles. The molecule has 0 atom stereocenters. The Morgan fingerprint density at radius 1 is 1.03 bits per heavy atom. The molecule has 6 nitrogen and oxygen atoms in total. The van der Waals surface area contributed by atoms with Crippen LogP contribution in [0, 0.1) is 0 Å². The number of aryl methyl sites for hydroxylation is 1. The fourth-order valence-corrected chi connectivity index (χ4v) is 4.37. The first-order valence-corrected chi connectivity index (χ1v) is 11.6. The van der Waals surface area contributed by atoms with Gasteiger partial charge in [-0.25, -0.2) is 8.42 Å². The summed E-state index contributed by atoms with van der Waals surface area (Å²) in [5, 5.41) is 8.64. The number of aliphatic carboxylic acids is 1. The maximum Gasteiger partial charge on any atom is 0.303 e. The molecular weight excluding hydrogens is 420 g/mol. The van der Waals surface area contributed by atoms with Crippen LogP contribution in [0.5, 0.6) is 0 Å². The van der Waals surface area contributed by atoms with Crippen LogP contribution in [-0.2, 0) is 21.2 Å². The van der Waals surface area contributed by atoms with E-state index in [-0.39, 0.29) is 16.3 Å². The van der Waals surface area contributed by atoms with Crippen molar-refractivity contribution in [2.24, 2.45) is 5.73 Å². The fraction of sp³-hybridized carbons (Fsp3) is 0.273. The molecule has 4 N–H and O–H groups in total. The van der Waals surface area contributed by atoms with Crippen LogP contribution < -0.4 is 10.5 Å². The van der Waals surface area contributed by atoms with Crippen molar-refractivity contribution in [2.45, 2.75) is 43.4 Å². The maximum absolute atomic E-state index is 12.7.